The summed E-state index contributed by atoms with van der Waals surface area (Å²) in [7, 11) is 0. The zero-order valence-electron chi connectivity index (χ0n) is 15.0. The van der Waals surface area contributed by atoms with E-state index < -0.39 is 0 Å². The molecule has 0 unspecified atom stereocenters. The van der Waals surface area contributed by atoms with Gasteiger partial charge in [-0.1, -0.05) is 12.2 Å². The molecule has 0 N–H and O–H groups in total. The number of allylic oxidation sites excluding steroid dienone is 6. The number of ether oxygens (including phenoxy) is 2. The van der Waals surface area contributed by atoms with Crippen LogP contribution in [0, 0.1) is 0 Å². The van der Waals surface area contributed by atoms with Crippen LogP contribution in [-0.4, -0.2) is 25.2 Å². The van der Waals surface area contributed by atoms with Crippen molar-refractivity contribution >= 4 is 11.9 Å². The lowest BCUT2D eigenvalue weighted by molar-refractivity contribution is -0.147. The molecule has 0 aromatic carbocycles. The monoisotopic (exact) mass is 330 g/mol. The van der Waals surface area contributed by atoms with Crippen molar-refractivity contribution in [1.82, 2.24) is 0 Å². The van der Waals surface area contributed by atoms with Crippen LogP contribution in [0.5, 0.6) is 0 Å². The Morgan fingerprint density at radius 2 is 1.17 bits per heavy atom. The maximum absolute atomic E-state index is 12.1. The normalized spacial score (nSPS) is 21.2. The number of carbonyl (C=O) groups is 2. The Labute approximate surface area is 143 Å². The molecule has 0 atom stereocenters. The minimum atomic E-state index is -0.298. The van der Waals surface area contributed by atoms with Crippen LogP contribution < -0.4 is 0 Å². The first-order valence-electron chi connectivity index (χ1n) is 8.54. The van der Waals surface area contributed by atoms with E-state index in [1.54, 1.807) is 0 Å². The van der Waals surface area contributed by atoms with Crippen LogP contribution in [0.3, 0.4) is 0 Å². The minimum absolute atomic E-state index is 0.0926. The molecule has 24 heavy (non-hydrogen) atoms. The molecule has 0 radical (unpaired) electrons. The van der Waals surface area contributed by atoms with Gasteiger partial charge in [-0.05, 0) is 75.7 Å². The Kier molecular flexibility index (Phi) is 6.18. The molecule has 0 saturated heterocycles. The maximum Gasteiger partial charge on any atom is 0.334 e. The molecule has 0 spiro atoms. The van der Waals surface area contributed by atoms with Crippen LogP contribution in [0.2, 0.25) is 0 Å². The summed E-state index contributed by atoms with van der Waals surface area (Å²) in [6.07, 6.45) is 7.30. The van der Waals surface area contributed by atoms with E-state index >= 15 is 0 Å². The van der Waals surface area contributed by atoms with Crippen LogP contribution in [0.1, 0.15) is 53.4 Å². The predicted molar refractivity (Wildman–Crippen MR) is 93.3 cm³/mol. The zero-order chi connectivity index (χ0) is 17.7. The van der Waals surface area contributed by atoms with Gasteiger partial charge in [-0.2, -0.15) is 0 Å². The Balaban J connectivity index is 1.80. The van der Waals surface area contributed by atoms with Crippen molar-refractivity contribution in [1.29, 1.82) is 0 Å². The summed E-state index contributed by atoms with van der Waals surface area (Å²) in [4.78, 5) is 24.2. The fourth-order valence-corrected chi connectivity index (χ4v) is 3.33. The highest BCUT2D eigenvalue weighted by Gasteiger charge is 2.24. The molecule has 0 aliphatic heterocycles. The molecular formula is C20H26O4. The van der Waals surface area contributed by atoms with Crippen molar-refractivity contribution in [2.45, 2.75) is 53.4 Å². The molecule has 0 fully saturated rings. The smallest absolute Gasteiger partial charge is 0.334 e. The standard InChI is InChI=1S/C20H26O4/c1-5-15-7-9-17(13(15)3)19(21)23-11-12-24-20(22)18-10-8-16(6-2)14(18)4/h5-6H,7-12H2,1-4H3/b15-5-,16-6-. The molecule has 130 valence electrons. The van der Waals surface area contributed by atoms with E-state index in [0.29, 0.717) is 0 Å². The SMILES string of the molecule is C/C=C1/CCC(C(=O)OCCOC(=O)C2=C(C)/C(=C\C)CC2)=C1C. The molecule has 0 aromatic heterocycles. The topological polar surface area (TPSA) is 52.6 Å². The van der Waals surface area contributed by atoms with E-state index in [-0.39, 0.29) is 25.2 Å². The molecule has 4 nitrogen and oxygen atoms in total. The van der Waals surface area contributed by atoms with Gasteiger partial charge in [0.15, 0.2) is 0 Å². The summed E-state index contributed by atoms with van der Waals surface area (Å²) in [6.45, 7) is 8.04. The fraction of sp³-hybridized carbons (Fsp3) is 0.500. The second kappa shape index (κ2) is 8.13. The fourth-order valence-electron chi connectivity index (χ4n) is 3.33. The van der Waals surface area contributed by atoms with E-state index in [1.807, 2.05) is 39.8 Å². The number of hydrogen-bond acceptors (Lipinski definition) is 4. The van der Waals surface area contributed by atoms with Crippen molar-refractivity contribution in [2.75, 3.05) is 13.2 Å². The van der Waals surface area contributed by atoms with Crippen LogP contribution in [0.4, 0.5) is 0 Å². The molecule has 0 bridgehead atoms. The Morgan fingerprint density at radius 3 is 1.46 bits per heavy atom. The first kappa shape index (κ1) is 18.2. The van der Waals surface area contributed by atoms with Crippen LogP contribution >= 0.6 is 0 Å². The van der Waals surface area contributed by atoms with Crippen LogP contribution in [0.25, 0.3) is 0 Å². The quantitative estimate of drug-likeness (QED) is 0.560. The van der Waals surface area contributed by atoms with Gasteiger partial charge in [-0.3, -0.25) is 0 Å². The zero-order valence-corrected chi connectivity index (χ0v) is 15.0. The van der Waals surface area contributed by atoms with Gasteiger partial charge in [0, 0.05) is 11.1 Å². The summed E-state index contributed by atoms with van der Waals surface area (Å²) in [5.74, 6) is -0.597. The molecule has 4 heteroatoms. The Hall–Kier alpha value is -2.10. The van der Waals surface area contributed by atoms with Gasteiger partial charge >= 0.3 is 11.9 Å². The van der Waals surface area contributed by atoms with Gasteiger partial charge in [0.2, 0.25) is 0 Å². The summed E-state index contributed by atoms with van der Waals surface area (Å²) < 4.78 is 10.5. The molecule has 0 aromatic rings. The third kappa shape index (κ3) is 3.86. The van der Waals surface area contributed by atoms with Gasteiger partial charge in [0.25, 0.3) is 0 Å². The first-order chi connectivity index (χ1) is 11.5. The molecule has 2 rings (SSSR count). The maximum atomic E-state index is 12.1. The highest BCUT2D eigenvalue weighted by molar-refractivity contribution is 5.92. The molecule has 0 heterocycles. The Bertz CT molecular complexity index is 601. The van der Waals surface area contributed by atoms with Crippen LogP contribution in [0.15, 0.2) is 45.6 Å². The molecule has 2 aliphatic rings. The average Bonchev–Trinajstić information content (AvgIpc) is 3.13. The van der Waals surface area contributed by atoms with E-state index in [2.05, 4.69) is 0 Å². The Morgan fingerprint density at radius 1 is 0.792 bits per heavy atom. The van der Waals surface area contributed by atoms with E-state index in [9.17, 15) is 9.59 Å². The van der Waals surface area contributed by atoms with Crippen molar-refractivity contribution < 1.29 is 19.1 Å². The highest BCUT2D eigenvalue weighted by atomic mass is 16.6. The molecule has 2 aliphatic carbocycles. The van der Waals surface area contributed by atoms with E-state index in [1.165, 1.54) is 11.1 Å². The summed E-state index contributed by atoms with van der Waals surface area (Å²) in [5, 5.41) is 0. The largest absolute Gasteiger partial charge is 0.459 e. The molecular weight excluding hydrogens is 304 g/mol. The molecule has 0 amide bonds. The second-order valence-corrected chi connectivity index (χ2v) is 6.11. The van der Waals surface area contributed by atoms with Crippen LogP contribution in [-0.2, 0) is 19.1 Å². The van der Waals surface area contributed by atoms with E-state index in [4.69, 9.17) is 9.47 Å². The van der Waals surface area contributed by atoms with Crippen molar-refractivity contribution in [3.05, 3.63) is 45.6 Å². The molecule has 0 saturated carbocycles. The number of esters is 2. The van der Waals surface area contributed by atoms with Gasteiger partial charge in [0.05, 0.1) is 0 Å². The average molecular weight is 330 g/mol. The third-order valence-electron chi connectivity index (χ3n) is 4.90. The predicted octanol–water partition coefficient (Wildman–Crippen LogP) is 4.19. The van der Waals surface area contributed by atoms with Crippen molar-refractivity contribution in [3.8, 4) is 0 Å². The minimum Gasteiger partial charge on any atom is -0.459 e. The summed E-state index contributed by atoms with van der Waals surface area (Å²) >= 11 is 0. The summed E-state index contributed by atoms with van der Waals surface area (Å²) in [6, 6.07) is 0. The first-order valence-corrected chi connectivity index (χ1v) is 8.54. The van der Waals surface area contributed by atoms with E-state index in [0.717, 1.165) is 48.0 Å². The van der Waals surface area contributed by atoms with Gasteiger partial charge < -0.3 is 9.47 Å². The summed E-state index contributed by atoms with van der Waals surface area (Å²) in [5.41, 5.74) is 5.92. The third-order valence-corrected chi connectivity index (χ3v) is 4.90. The number of rotatable bonds is 5. The van der Waals surface area contributed by atoms with Gasteiger partial charge in [-0.25, -0.2) is 9.59 Å². The van der Waals surface area contributed by atoms with Crippen molar-refractivity contribution in [3.63, 3.8) is 0 Å². The number of carbonyl (C=O) groups excluding carboxylic acids is 2. The second-order valence-electron chi connectivity index (χ2n) is 6.11. The number of hydrogen-bond donors (Lipinski definition) is 0. The lowest BCUT2D eigenvalue weighted by Crippen LogP contribution is -2.16. The lowest BCUT2D eigenvalue weighted by atomic mass is 10.1. The van der Waals surface area contributed by atoms with Gasteiger partial charge in [-0.15, -0.1) is 0 Å². The van der Waals surface area contributed by atoms with Gasteiger partial charge in [0.1, 0.15) is 13.2 Å². The lowest BCUT2D eigenvalue weighted by Gasteiger charge is -2.08. The van der Waals surface area contributed by atoms with Crippen molar-refractivity contribution in [2.24, 2.45) is 0 Å². The highest BCUT2D eigenvalue weighted by Crippen LogP contribution is 2.32.